The molecule has 1 N–H and O–H groups in total. The number of benzene rings is 2. The first-order valence-electron chi connectivity index (χ1n) is 8.50. The van der Waals surface area contributed by atoms with Crippen molar-refractivity contribution >= 4 is 60.5 Å². The molecule has 5 rings (SSSR count). The monoisotopic (exact) mass is 424 g/mol. The van der Waals surface area contributed by atoms with Gasteiger partial charge in [-0.1, -0.05) is 64.6 Å². The first-order valence-corrected chi connectivity index (χ1v) is 10.5. The summed E-state index contributed by atoms with van der Waals surface area (Å²) in [6.45, 7) is 1.92. The molecule has 0 saturated carbocycles. The van der Waals surface area contributed by atoms with Crippen LogP contribution in [0, 0.1) is 6.92 Å². The number of hydrogen-bond donors (Lipinski definition) is 1. The van der Waals surface area contributed by atoms with E-state index < -0.39 is 0 Å². The molecule has 0 bridgehead atoms. The Morgan fingerprint density at radius 2 is 1.93 bits per heavy atom. The van der Waals surface area contributed by atoms with Crippen molar-refractivity contribution in [1.82, 2.24) is 14.4 Å². The molecule has 3 aromatic heterocycles. The van der Waals surface area contributed by atoms with Gasteiger partial charge in [-0.15, -0.1) is 0 Å². The van der Waals surface area contributed by atoms with Crippen LogP contribution >= 0.6 is 34.3 Å². The standard InChI is InChI=1S/C20H13ClN4OS2/c1-11-17(18(26)24-19-22-14-8-7-13(21)9-16(14)27-19)28-20-23-15(10-25(11)20)12-5-3-2-4-6-12/h2-10H,1H3,(H,22,24,26). The number of anilines is 1. The molecule has 0 fully saturated rings. The molecule has 28 heavy (non-hydrogen) atoms. The first kappa shape index (κ1) is 17.4. The number of carbonyl (C=O) groups is 1. The van der Waals surface area contributed by atoms with E-state index in [4.69, 9.17) is 11.6 Å². The van der Waals surface area contributed by atoms with E-state index >= 15 is 0 Å². The number of amides is 1. The van der Waals surface area contributed by atoms with E-state index in [0.29, 0.717) is 15.0 Å². The Labute approximate surface area is 173 Å². The Hall–Kier alpha value is -2.74. The minimum atomic E-state index is -0.181. The Morgan fingerprint density at radius 3 is 2.71 bits per heavy atom. The van der Waals surface area contributed by atoms with Crippen LogP contribution in [0.5, 0.6) is 0 Å². The molecule has 0 spiro atoms. The Morgan fingerprint density at radius 1 is 1.11 bits per heavy atom. The molecule has 3 heterocycles. The average Bonchev–Trinajstić information content (AvgIpc) is 3.36. The fourth-order valence-electron chi connectivity index (χ4n) is 3.01. The van der Waals surface area contributed by atoms with Gasteiger partial charge >= 0.3 is 0 Å². The highest BCUT2D eigenvalue weighted by atomic mass is 35.5. The second-order valence-corrected chi connectivity index (χ2v) is 8.69. The Balaban J connectivity index is 1.45. The minimum Gasteiger partial charge on any atom is -0.297 e. The van der Waals surface area contributed by atoms with Gasteiger partial charge in [-0.3, -0.25) is 14.5 Å². The van der Waals surface area contributed by atoms with Crippen LogP contribution in [-0.4, -0.2) is 20.3 Å². The summed E-state index contributed by atoms with van der Waals surface area (Å²) in [4.78, 5) is 23.3. The molecule has 0 atom stereocenters. The van der Waals surface area contributed by atoms with E-state index in [-0.39, 0.29) is 5.91 Å². The summed E-state index contributed by atoms with van der Waals surface area (Å²) in [5.41, 5.74) is 3.62. The zero-order chi connectivity index (χ0) is 19.3. The molecular formula is C20H13ClN4OS2. The average molecular weight is 425 g/mol. The van der Waals surface area contributed by atoms with Gasteiger partial charge in [0.1, 0.15) is 4.88 Å². The number of nitrogens with one attached hydrogen (secondary N) is 1. The molecule has 0 saturated heterocycles. The second-order valence-electron chi connectivity index (χ2n) is 6.25. The topological polar surface area (TPSA) is 59.3 Å². The van der Waals surface area contributed by atoms with Crippen LogP contribution in [0.3, 0.4) is 0 Å². The third-order valence-electron chi connectivity index (χ3n) is 4.40. The largest absolute Gasteiger partial charge is 0.297 e. The molecule has 5 aromatic rings. The van der Waals surface area contributed by atoms with Crippen LogP contribution in [0.2, 0.25) is 5.02 Å². The van der Waals surface area contributed by atoms with E-state index in [2.05, 4.69) is 15.3 Å². The summed E-state index contributed by atoms with van der Waals surface area (Å²) in [6, 6.07) is 15.5. The van der Waals surface area contributed by atoms with Crippen LogP contribution in [-0.2, 0) is 0 Å². The molecule has 0 aliphatic rings. The number of imidazole rings is 1. The third kappa shape index (κ3) is 2.97. The van der Waals surface area contributed by atoms with Gasteiger partial charge in [-0.25, -0.2) is 9.97 Å². The summed E-state index contributed by atoms with van der Waals surface area (Å²) in [7, 11) is 0. The zero-order valence-corrected chi connectivity index (χ0v) is 17.0. The fourth-order valence-corrected chi connectivity index (χ4v) is 5.16. The number of carbonyl (C=O) groups excluding carboxylic acids is 1. The second kappa shape index (κ2) is 6.70. The zero-order valence-electron chi connectivity index (χ0n) is 14.6. The molecular weight excluding hydrogens is 412 g/mol. The quantitative estimate of drug-likeness (QED) is 0.393. The smallest absolute Gasteiger partial charge is 0.269 e. The van der Waals surface area contributed by atoms with Crippen molar-refractivity contribution in [3.8, 4) is 11.3 Å². The van der Waals surface area contributed by atoms with E-state index in [1.165, 1.54) is 22.7 Å². The van der Waals surface area contributed by atoms with Gasteiger partial charge in [0.2, 0.25) is 0 Å². The molecule has 0 aliphatic heterocycles. The maximum absolute atomic E-state index is 12.8. The maximum Gasteiger partial charge on any atom is 0.269 e. The van der Waals surface area contributed by atoms with Crippen LogP contribution in [0.15, 0.2) is 54.7 Å². The molecule has 0 radical (unpaired) electrons. The van der Waals surface area contributed by atoms with Crippen molar-refractivity contribution in [3.63, 3.8) is 0 Å². The van der Waals surface area contributed by atoms with Crippen molar-refractivity contribution in [2.45, 2.75) is 6.92 Å². The van der Waals surface area contributed by atoms with Crippen LogP contribution < -0.4 is 5.32 Å². The molecule has 0 unspecified atom stereocenters. The Bertz CT molecular complexity index is 1340. The lowest BCUT2D eigenvalue weighted by Crippen LogP contribution is -2.11. The van der Waals surface area contributed by atoms with Crippen molar-refractivity contribution in [2.75, 3.05) is 5.32 Å². The SMILES string of the molecule is Cc1c(C(=O)Nc2nc3ccc(Cl)cc3s2)sc2nc(-c3ccccc3)cn12. The summed E-state index contributed by atoms with van der Waals surface area (Å²) in [5.74, 6) is -0.181. The number of hydrogen-bond acceptors (Lipinski definition) is 5. The highest BCUT2D eigenvalue weighted by molar-refractivity contribution is 7.22. The van der Waals surface area contributed by atoms with Crippen molar-refractivity contribution in [2.24, 2.45) is 0 Å². The van der Waals surface area contributed by atoms with Crippen molar-refractivity contribution < 1.29 is 4.79 Å². The molecule has 2 aromatic carbocycles. The van der Waals surface area contributed by atoms with Gasteiger partial charge in [-0.2, -0.15) is 0 Å². The molecule has 5 nitrogen and oxygen atoms in total. The molecule has 0 aliphatic carbocycles. The van der Waals surface area contributed by atoms with E-state index in [1.54, 1.807) is 6.07 Å². The number of halogens is 1. The predicted octanol–water partition coefficient (Wildman–Crippen LogP) is 5.89. The van der Waals surface area contributed by atoms with E-state index in [1.807, 2.05) is 60.0 Å². The summed E-state index contributed by atoms with van der Waals surface area (Å²) < 4.78 is 2.90. The highest BCUT2D eigenvalue weighted by Gasteiger charge is 2.19. The van der Waals surface area contributed by atoms with Gasteiger partial charge in [0.15, 0.2) is 10.1 Å². The summed E-state index contributed by atoms with van der Waals surface area (Å²) in [6.07, 6.45) is 1.97. The van der Waals surface area contributed by atoms with Crippen LogP contribution in [0.4, 0.5) is 5.13 Å². The lowest BCUT2D eigenvalue weighted by Gasteiger charge is -2.00. The normalized spacial score (nSPS) is 11.4. The van der Waals surface area contributed by atoms with Gasteiger partial charge < -0.3 is 0 Å². The number of nitrogens with zero attached hydrogens (tertiary/aromatic N) is 3. The molecule has 1 amide bonds. The lowest BCUT2D eigenvalue weighted by atomic mass is 10.2. The van der Waals surface area contributed by atoms with E-state index in [0.717, 1.165) is 32.1 Å². The van der Waals surface area contributed by atoms with Gasteiger partial charge in [0.25, 0.3) is 5.91 Å². The molecule has 8 heteroatoms. The van der Waals surface area contributed by atoms with Gasteiger partial charge in [0.05, 0.1) is 15.9 Å². The first-order chi connectivity index (χ1) is 13.6. The third-order valence-corrected chi connectivity index (χ3v) is 6.73. The van der Waals surface area contributed by atoms with Gasteiger partial charge in [0, 0.05) is 22.5 Å². The van der Waals surface area contributed by atoms with Crippen molar-refractivity contribution in [1.29, 1.82) is 0 Å². The fraction of sp³-hybridized carbons (Fsp3) is 0.0500. The van der Waals surface area contributed by atoms with Gasteiger partial charge in [-0.05, 0) is 25.1 Å². The lowest BCUT2D eigenvalue weighted by molar-refractivity contribution is 0.102. The number of rotatable bonds is 3. The number of aryl methyl sites for hydroxylation is 1. The highest BCUT2D eigenvalue weighted by Crippen LogP contribution is 2.31. The number of aromatic nitrogens is 3. The summed E-state index contributed by atoms with van der Waals surface area (Å²) >= 11 is 8.80. The minimum absolute atomic E-state index is 0.181. The number of fused-ring (bicyclic) bond motifs is 2. The van der Waals surface area contributed by atoms with Crippen molar-refractivity contribution in [3.05, 3.63) is 70.3 Å². The predicted molar refractivity (Wildman–Crippen MR) is 116 cm³/mol. The summed E-state index contributed by atoms with van der Waals surface area (Å²) in [5, 5.41) is 4.10. The van der Waals surface area contributed by atoms with Crippen LogP contribution in [0.25, 0.3) is 26.4 Å². The maximum atomic E-state index is 12.8. The van der Waals surface area contributed by atoms with E-state index in [9.17, 15) is 4.79 Å². The van der Waals surface area contributed by atoms with Crippen LogP contribution in [0.1, 0.15) is 15.4 Å². The Kier molecular flexibility index (Phi) is 4.16. The molecule has 138 valence electrons. The number of thiazole rings is 2.